The lowest BCUT2D eigenvalue weighted by molar-refractivity contribution is 0.911. The summed E-state index contributed by atoms with van der Waals surface area (Å²) in [5, 5.41) is 0. The largest absolute Gasteiger partial charge is 0.377 e. The van der Waals surface area contributed by atoms with Gasteiger partial charge in [0.05, 0.1) is 0 Å². The molecule has 0 aromatic heterocycles. The third-order valence-electron chi connectivity index (χ3n) is 2.24. The van der Waals surface area contributed by atoms with E-state index in [1.165, 1.54) is 29.7 Å². The van der Waals surface area contributed by atoms with E-state index in [1.54, 1.807) is 0 Å². The van der Waals surface area contributed by atoms with Crippen LogP contribution in [-0.2, 0) is 6.42 Å². The van der Waals surface area contributed by atoms with Crippen molar-refractivity contribution in [3.05, 3.63) is 29.3 Å². The third kappa shape index (κ3) is 2.48. The van der Waals surface area contributed by atoms with Gasteiger partial charge in [-0.25, -0.2) is 0 Å². The van der Waals surface area contributed by atoms with Crippen molar-refractivity contribution in [2.45, 2.75) is 26.7 Å². The van der Waals surface area contributed by atoms with Gasteiger partial charge in [-0.3, -0.25) is 0 Å². The van der Waals surface area contributed by atoms with Gasteiger partial charge < -0.3 is 4.90 Å². The summed E-state index contributed by atoms with van der Waals surface area (Å²) in [5.74, 6) is 0. The van der Waals surface area contributed by atoms with Crippen molar-refractivity contribution in [2.24, 2.45) is 0 Å². The van der Waals surface area contributed by atoms with Crippen molar-refractivity contribution in [2.75, 3.05) is 19.0 Å². The maximum Gasteiger partial charge on any atom is 0.0393 e. The van der Waals surface area contributed by atoms with E-state index in [2.05, 4.69) is 51.0 Å². The van der Waals surface area contributed by atoms with Gasteiger partial charge in [0, 0.05) is 19.8 Å². The quantitative estimate of drug-likeness (QED) is 0.686. The summed E-state index contributed by atoms with van der Waals surface area (Å²) in [6, 6.07) is 6.67. The number of anilines is 1. The van der Waals surface area contributed by atoms with E-state index in [1.807, 2.05) is 0 Å². The molecular formula is C12H19N. The summed E-state index contributed by atoms with van der Waals surface area (Å²) in [4.78, 5) is 2.18. The van der Waals surface area contributed by atoms with E-state index < -0.39 is 0 Å². The molecule has 0 radical (unpaired) electrons. The minimum Gasteiger partial charge on any atom is -0.377 e. The summed E-state index contributed by atoms with van der Waals surface area (Å²) < 4.78 is 0. The van der Waals surface area contributed by atoms with E-state index in [9.17, 15) is 0 Å². The summed E-state index contributed by atoms with van der Waals surface area (Å²) in [7, 11) is 4.20. The zero-order valence-electron chi connectivity index (χ0n) is 9.09. The van der Waals surface area contributed by atoms with E-state index >= 15 is 0 Å². The molecule has 72 valence electrons. The Morgan fingerprint density at radius 3 is 2.46 bits per heavy atom. The fraction of sp³-hybridized carbons (Fsp3) is 0.500. The van der Waals surface area contributed by atoms with E-state index in [-0.39, 0.29) is 0 Å². The van der Waals surface area contributed by atoms with Crippen molar-refractivity contribution in [3.63, 3.8) is 0 Å². The average molecular weight is 177 g/mol. The lowest BCUT2D eigenvalue weighted by Crippen LogP contribution is -2.11. The van der Waals surface area contributed by atoms with Crippen molar-refractivity contribution in [1.82, 2.24) is 0 Å². The molecule has 0 saturated heterocycles. The molecule has 0 amide bonds. The van der Waals surface area contributed by atoms with Gasteiger partial charge in [-0.2, -0.15) is 0 Å². The van der Waals surface area contributed by atoms with Crippen molar-refractivity contribution < 1.29 is 0 Å². The first-order valence-corrected chi connectivity index (χ1v) is 4.92. The average Bonchev–Trinajstić information content (AvgIpc) is 2.04. The molecule has 0 aliphatic rings. The summed E-state index contributed by atoms with van der Waals surface area (Å²) in [5.41, 5.74) is 4.18. The van der Waals surface area contributed by atoms with Gasteiger partial charge in [0.1, 0.15) is 0 Å². The van der Waals surface area contributed by atoms with Gasteiger partial charge in [-0.1, -0.05) is 31.0 Å². The Labute approximate surface area is 81.4 Å². The van der Waals surface area contributed by atoms with Crippen LogP contribution in [0.2, 0.25) is 0 Å². The Bertz CT molecular complexity index is 276. The zero-order valence-corrected chi connectivity index (χ0v) is 9.09. The normalized spacial score (nSPS) is 10.2. The topological polar surface area (TPSA) is 3.24 Å². The van der Waals surface area contributed by atoms with Crippen molar-refractivity contribution in [1.29, 1.82) is 0 Å². The molecule has 0 aliphatic heterocycles. The van der Waals surface area contributed by atoms with Crippen LogP contribution in [0, 0.1) is 6.92 Å². The van der Waals surface area contributed by atoms with Crippen molar-refractivity contribution >= 4 is 5.69 Å². The van der Waals surface area contributed by atoms with Crippen LogP contribution >= 0.6 is 0 Å². The van der Waals surface area contributed by atoms with Crippen molar-refractivity contribution in [3.8, 4) is 0 Å². The van der Waals surface area contributed by atoms with Crippen LogP contribution in [0.3, 0.4) is 0 Å². The predicted octanol–water partition coefficient (Wildman–Crippen LogP) is 3.01. The highest BCUT2D eigenvalue weighted by atomic mass is 15.1. The minimum atomic E-state index is 1.18. The second kappa shape index (κ2) is 4.31. The lowest BCUT2D eigenvalue weighted by atomic mass is 10.0. The highest BCUT2D eigenvalue weighted by molar-refractivity contribution is 5.53. The van der Waals surface area contributed by atoms with Gasteiger partial charge >= 0.3 is 0 Å². The highest BCUT2D eigenvalue weighted by Crippen LogP contribution is 2.21. The maximum atomic E-state index is 2.29. The molecule has 0 N–H and O–H groups in total. The number of aryl methyl sites for hydroxylation is 2. The van der Waals surface area contributed by atoms with Gasteiger partial charge in [0.2, 0.25) is 0 Å². The fourth-order valence-corrected chi connectivity index (χ4v) is 1.62. The smallest absolute Gasteiger partial charge is 0.0393 e. The predicted molar refractivity (Wildman–Crippen MR) is 59.5 cm³/mol. The fourth-order valence-electron chi connectivity index (χ4n) is 1.62. The van der Waals surface area contributed by atoms with Gasteiger partial charge in [-0.15, -0.1) is 0 Å². The van der Waals surface area contributed by atoms with Gasteiger partial charge in [0.15, 0.2) is 0 Å². The molecule has 0 bridgehead atoms. The van der Waals surface area contributed by atoms with Crippen LogP contribution < -0.4 is 4.90 Å². The second-order valence-electron chi connectivity index (χ2n) is 3.78. The molecule has 0 atom stereocenters. The Morgan fingerprint density at radius 2 is 1.92 bits per heavy atom. The Morgan fingerprint density at radius 1 is 1.23 bits per heavy atom. The Hall–Kier alpha value is -0.980. The molecular weight excluding hydrogens is 158 g/mol. The van der Waals surface area contributed by atoms with Crippen LogP contribution in [0.4, 0.5) is 5.69 Å². The van der Waals surface area contributed by atoms with Crippen LogP contribution in [0.15, 0.2) is 18.2 Å². The monoisotopic (exact) mass is 177 g/mol. The zero-order chi connectivity index (χ0) is 9.84. The number of nitrogens with zero attached hydrogens (tertiary/aromatic N) is 1. The van der Waals surface area contributed by atoms with Gasteiger partial charge in [0.25, 0.3) is 0 Å². The summed E-state index contributed by atoms with van der Waals surface area (Å²) >= 11 is 0. The third-order valence-corrected chi connectivity index (χ3v) is 2.24. The molecule has 0 heterocycles. The van der Waals surface area contributed by atoms with E-state index in [0.717, 1.165) is 0 Å². The summed E-state index contributed by atoms with van der Waals surface area (Å²) in [6.45, 7) is 4.38. The number of hydrogen-bond acceptors (Lipinski definition) is 1. The molecule has 1 aromatic rings. The molecule has 0 fully saturated rings. The Kier molecular flexibility index (Phi) is 3.35. The highest BCUT2D eigenvalue weighted by Gasteiger charge is 2.02. The minimum absolute atomic E-state index is 1.18. The number of hydrogen-bond donors (Lipinski definition) is 0. The van der Waals surface area contributed by atoms with Crippen LogP contribution in [0.1, 0.15) is 24.5 Å². The van der Waals surface area contributed by atoms with Crippen LogP contribution in [0.25, 0.3) is 0 Å². The first kappa shape index (κ1) is 10.1. The molecule has 0 saturated carbocycles. The Balaban J connectivity index is 3.03. The molecule has 13 heavy (non-hydrogen) atoms. The molecule has 1 nitrogen and oxygen atoms in total. The first-order valence-electron chi connectivity index (χ1n) is 4.92. The SMILES string of the molecule is CCCc1cc(C)ccc1N(C)C. The molecule has 1 aromatic carbocycles. The number of benzene rings is 1. The molecule has 1 rings (SSSR count). The van der Waals surface area contributed by atoms with E-state index in [0.29, 0.717) is 0 Å². The van der Waals surface area contributed by atoms with Crippen LogP contribution in [0.5, 0.6) is 0 Å². The summed E-state index contributed by atoms with van der Waals surface area (Å²) in [6.07, 6.45) is 2.39. The second-order valence-corrected chi connectivity index (χ2v) is 3.78. The van der Waals surface area contributed by atoms with E-state index in [4.69, 9.17) is 0 Å². The molecule has 0 unspecified atom stereocenters. The number of rotatable bonds is 3. The standard InChI is InChI=1S/C12H19N/c1-5-6-11-9-10(2)7-8-12(11)13(3)4/h7-9H,5-6H2,1-4H3. The molecule has 1 heteroatoms. The maximum absolute atomic E-state index is 2.29. The van der Waals surface area contributed by atoms with Crippen LogP contribution in [-0.4, -0.2) is 14.1 Å². The lowest BCUT2D eigenvalue weighted by Gasteiger charge is -2.17. The van der Waals surface area contributed by atoms with Gasteiger partial charge in [-0.05, 0) is 25.0 Å². The first-order chi connectivity index (χ1) is 6.15. The molecule has 0 aliphatic carbocycles. The molecule has 0 spiro atoms.